The molecule has 144 valence electrons. The lowest BCUT2D eigenvalue weighted by molar-refractivity contribution is -0.107. The molecule has 0 N–H and O–H groups in total. The van der Waals surface area contributed by atoms with E-state index in [9.17, 15) is 4.79 Å². The molecule has 2 rings (SSSR count). The van der Waals surface area contributed by atoms with Crippen LogP contribution in [0.2, 0.25) is 20.4 Å². The first-order valence-electron chi connectivity index (χ1n) is 7.22. The Morgan fingerprint density at radius 1 is 0.963 bits per heavy atom. The molecule has 0 saturated heterocycles. The van der Waals surface area contributed by atoms with Gasteiger partial charge >= 0.3 is 0 Å². The van der Waals surface area contributed by atoms with Crippen LogP contribution in [0.4, 0.5) is 0 Å². The summed E-state index contributed by atoms with van der Waals surface area (Å²) >= 11 is 24.7. The van der Waals surface area contributed by atoms with Crippen LogP contribution in [0.5, 0.6) is 17.2 Å². The average Bonchev–Trinajstić information content (AvgIpc) is 2.67. The van der Waals surface area contributed by atoms with Gasteiger partial charge in [-0.25, -0.2) is 4.98 Å². The molecule has 0 aliphatic carbocycles. The van der Waals surface area contributed by atoms with Crippen LogP contribution in [-0.4, -0.2) is 31.4 Å². The third-order valence-corrected chi connectivity index (χ3v) is 5.91. The highest BCUT2D eigenvalue weighted by Crippen LogP contribution is 2.42. The molecular weight excluding hydrogens is 456 g/mol. The fraction of sp³-hybridized carbons (Fsp3) is 0.176. The largest absolute Gasteiger partial charge is 0.493 e. The van der Waals surface area contributed by atoms with Crippen molar-refractivity contribution in [1.29, 1.82) is 0 Å². The van der Waals surface area contributed by atoms with Crippen molar-refractivity contribution >= 4 is 69.4 Å². The lowest BCUT2D eigenvalue weighted by atomic mass is 10.1. The lowest BCUT2D eigenvalue weighted by Crippen LogP contribution is -1.95. The highest BCUT2D eigenvalue weighted by atomic mass is 35.5. The number of hydrogen-bond acceptors (Lipinski definition) is 6. The summed E-state index contributed by atoms with van der Waals surface area (Å²) in [6.07, 6.45) is 2.94. The molecule has 0 saturated carbocycles. The summed E-state index contributed by atoms with van der Waals surface area (Å²) in [5.74, 6) is 1.39. The number of methoxy groups -OCH3 is 3. The van der Waals surface area contributed by atoms with Crippen LogP contribution in [0.25, 0.3) is 6.08 Å². The Morgan fingerprint density at radius 3 is 1.93 bits per heavy atom. The second-order valence-electron chi connectivity index (χ2n) is 4.86. The minimum absolute atomic E-state index is 0.0324. The van der Waals surface area contributed by atoms with Gasteiger partial charge in [-0.3, -0.25) is 4.79 Å². The smallest absolute Gasteiger partial charge is 0.217 e. The van der Waals surface area contributed by atoms with Crippen LogP contribution in [0, 0.1) is 0 Å². The molecule has 10 heteroatoms. The second kappa shape index (κ2) is 9.75. The quantitative estimate of drug-likeness (QED) is 0.292. The van der Waals surface area contributed by atoms with Gasteiger partial charge in [0.25, 0.3) is 0 Å². The molecule has 0 spiro atoms. The van der Waals surface area contributed by atoms with Gasteiger partial charge in [0.05, 0.1) is 36.3 Å². The third kappa shape index (κ3) is 5.15. The van der Waals surface area contributed by atoms with Crippen LogP contribution >= 0.6 is 58.2 Å². The van der Waals surface area contributed by atoms with Crippen LogP contribution in [0.3, 0.4) is 0 Å². The van der Waals surface area contributed by atoms with E-state index in [4.69, 9.17) is 60.6 Å². The Hall–Kier alpha value is -1.31. The minimum atomic E-state index is -0.342. The van der Waals surface area contributed by atoms with Crippen molar-refractivity contribution in [2.24, 2.45) is 0 Å². The van der Waals surface area contributed by atoms with Gasteiger partial charge in [0.1, 0.15) is 0 Å². The van der Waals surface area contributed by atoms with Crippen LogP contribution in [0.1, 0.15) is 5.56 Å². The van der Waals surface area contributed by atoms with Crippen molar-refractivity contribution in [1.82, 2.24) is 4.98 Å². The Balaban J connectivity index is 2.28. The predicted octanol–water partition coefficient (Wildman–Crippen LogP) is 6.05. The summed E-state index contributed by atoms with van der Waals surface area (Å²) in [6, 6.07) is 3.41. The van der Waals surface area contributed by atoms with E-state index in [-0.39, 0.29) is 30.4 Å². The zero-order chi connectivity index (χ0) is 20.1. The third-order valence-electron chi connectivity index (χ3n) is 3.26. The normalized spacial score (nSPS) is 10.9. The highest BCUT2D eigenvalue weighted by molar-refractivity contribution is 8.14. The van der Waals surface area contributed by atoms with Crippen molar-refractivity contribution in [3.63, 3.8) is 0 Å². The maximum atomic E-state index is 12.3. The monoisotopic (exact) mass is 467 g/mol. The van der Waals surface area contributed by atoms with Gasteiger partial charge in [0.15, 0.2) is 21.8 Å². The number of halogens is 4. The van der Waals surface area contributed by atoms with Gasteiger partial charge in [-0.1, -0.05) is 52.5 Å². The number of carbonyl (C=O) groups excluding carboxylic acids is 1. The number of pyridine rings is 1. The summed E-state index contributed by atoms with van der Waals surface area (Å²) in [6.45, 7) is 0. The van der Waals surface area contributed by atoms with Gasteiger partial charge < -0.3 is 14.2 Å². The molecule has 0 amide bonds. The lowest BCUT2D eigenvalue weighted by Gasteiger charge is -2.12. The summed E-state index contributed by atoms with van der Waals surface area (Å²) < 4.78 is 15.8. The first-order chi connectivity index (χ1) is 12.8. The predicted molar refractivity (Wildman–Crippen MR) is 110 cm³/mol. The van der Waals surface area contributed by atoms with Crippen LogP contribution in [-0.2, 0) is 4.79 Å². The fourth-order valence-corrected chi connectivity index (χ4v) is 3.83. The number of ether oxygens (including phenoxy) is 3. The molecule has 2 aromatic rings. The summed E-state index contributed by atoms with van der Waals surface area (Å²) in [4.78, 5) is 16.3. The SMILES string of the molecule is COc1cc(/C=C/C(=O)Sc2c(Cl)c(Cl)nc(Cl)c2Cl)cc(OC)c1OC. The molecular formula is C17H13Cl4NO4S. The number of carbonyl (C=O) groups is 1. The molecule has 1 aromatic heterocycles. The second-order valence-corrected chi connectivity index (χ2v) is 7.35. The topological polar surface area (TPSA) is 57.7 Å². The number of thioether (sulfide) groups is 1. The first-order valence-corrected chi connectivity index (χ1v) is 9.55. The van der Waals surface area contributed by atoms with Gasteiger partial charge in [-0.2, -0.15) is 0 Å². The maximum absolute atomic E-state index is 12.3. The molecule has 0 atom stereocenters. The molecule has 0 bridgehead atoms. The summed E-state index contributed by atoms with van der Waals surface area (Å²) in [5, 5.41) is -0.285. The molecule has 27 heavy (non-hydrogen) atoms. The van der Waals surface area contributed by atoms with E-state index in [0.717, 1.165) is 11.8 Å². The molecule has 1 aromatic carbocycles. The van der Waals surface area contributed by atoms with E-state index in [1.165, 1.54) is 27.4 Å². The zero-order valence-corrected chi connectivity index (χ0v) is 18.1. The van der Waals surface area contributed by atoms with E-state index in [0.29, 0.717) is 22.8 Å². The standard InChI is InChI=1S/C17H13Cl4NO4S/c1-24-9-6-8(7-10(25-2)14(9)26-3)4-5-11(23)27-15-12(18)16(20)22-17(21)13(15)19/h4-7H,1-3H3/b5-4+. The Labute approximate surface area is 180 Å². The van der Waals surface area contributed by atoms with Gasteiger partial charge in [-0.15, -0.1) is 0 Å². The number of rotatable bonds is 6. The molecule has 0 fully saturated rings. The number of aromatic nitrogens is 1. The minimum Gasteiger partial charge on any atom is -0.493 e. The summed E-state index contributed by atoms with van der Waals surface area (Å²) in [5.41, 5.74) is 0.668. The summed E-state index contributed by atoms with van der Waals surface area (Å²) in [7, 11) is 4.52. The van der Waals surface area contributed by atoms with E-state index in [1.54, 1.807) is 18.2 Å². The molecule has 0 aliphatic heterocycles. The maximum Gasteiger partial charge on any atom is 0.217 e. The molecule has 0 unspecified atom stereocenters. The Bertz CT molecular complexity index is 854. The van der Waals surface area contributed by atoms with Crippen molar-refractivity contribution in [2.75, 3.05) is 21.3 Å². The van der Waals surface area contributed by atoms with E-state index < -0.39 is 0 Å². The van der Waals surface area contributed by atoms with Gasteiger partial charge in [0, 0.05) is 0 Å². The van der Waals surface area contributed by atoms with Crippen LogP contribution < -0.4 is 14.2 Å². The van der Waals surface area contributed by atoms with E-state index in [2.05, 4.69) is 4.98 Å². The molecule has 5 nitrogen and oxygen atoms in total. The zero-order valence-electron chi connectivity index (χ0n) is 14.3. The van der Waals surface area contributed by atoms with E-state index >= 15 is 0 Å². The molecule has 0 radical (unpaired) electrons. The number of nitrogens with zero attached hydrogens (tertiary/aromatic N) is 1. The van der Waals surface area contributed by atoms with Crippen molar-refractivity contribution in [3.8, 4) is 17.2 Å². The van der Waals surface area contributed by atoms with Gasteiger partial charge in [0.2, 0.25) is 10.9 Å². The van der Waals surface area contributed by atoms with Crippen molar-refractivity contribution in [3.05, 3.63) is 44.1 Å². The number of benzene rings is 1. The fourth-order valence-electron chi connectivity index (χ4n) is 2.05. The first kappa shape index (κ1) is 22.0. The van der Waals surface area contributed by atoms with Crippen molar-refractivity contribution < 1.29 is 19.0 Å². The molecule has 0 aliphatic rings. The average molecular weight is 469 g/mol. The Kier molecular flexibility index (Phi) is 7.94. The van der Waals surface area contributed by atoms with Crippen molar-refractivity contribution in [2.45, 2.75) is 4.90 Å². The van der Waals surface area contributed by atoms with Gasteiger partial charge in [-0.05, 0) is 35.5 Å². The van der Waals surface area contributed by atoms with E-state index in [1.807, 2.05) is 0 Å². The number of hydrogen-bond donors (Lipinski definition) is 0. The Morgan fingerprint density at radius 2 is 1.48 bits per heavy atom. The molecule has 1 heterocycles. The highest BCUT2D eigenvalue weighted by Gasteiger charge is 2.18. The van der Waals surface area contributed by atoms with Crippen LogP contribution in [0.15, 0.2) is 23.1 Å².